The number of rotatable bonds is 9. The number of ether oxygens (including phenoxy) is 2. The first-order valence-electron chi connectivity index (χ1n) is 6.52. The van der Waals surface area contributed by atoms with Crippen LogP contribution < -0.4 is 0 Å². The van der Waals surface area contributed by atoms with Crippen LogP contribution >= 0.6 is 7.82 Å². The van der Waals surface area contributed by atoms with Crippen LogP contribution in [0.3, 0.4) is 0 Å². The molecule has 0 aromatic rings. The molecule has 0 aliphatic carbocycles. The molecule has 0 aromatic heterocycles. The largest absolute Gasteiger partial charge is 0.472 e. The Morgan fingerprint density at radius 2 is 1.83 bits per heavy atom. The van der Waals surface area contributed by atoms with Gasteiger partial charge < -0.3 is 49.9 Å². The Bertz CT molecular complexity index is 415. The number of aliphatic hydroxyl groups excluding tert-OH is 6. The summed E-state index contributed by atoms with van der Waals surface area (Å²) in [7, 11) is -5.14. The second kappa shape index (κ2) is 8.25. The second-order valence-electron chi connectivity index (χ2n) is 4.99. The molecule has 138 valence electrons. The minimum atomic E-state index is -5.14. The van der Waals surface area contributed by atoms with Crippen molar-refractivity contribution in [3.8, 4) is 0 Å². The Hall–Kier alpha value is -0.210. The van der Waals surface area contributed by atoms with Gasteiger partial charge in [-0.1, -0.05) is 0 Å². The van der Waals surface area contributed by atoms with E-state index >= 15 is 0 Å². The van der Waals surface area contributed by atoms with Crippen LogP contribution in [-0.2, 0) is 18.6 Å². The maximum Gasteiger partial charge on any atom is 0.472 e. The third-order valence-electron chi connectivity index (χ3n) is 3.23. The zero-order valence-electron chi connectivity index (χ0n) is 11.9. The number of hydrogen-bond acceptors (Lipinski definition) is 10. The first-order valence-corrected chi connectivity index (χ1v) is 8.05. The Labute approximate surface area is 130 Å². The second-order valence-corrected chi connectivity index (χ2v) is 6.15. The molecule has 1 aliphatic rings. The highest BCUT2D eigenvalue weighted by Crippen LogP contribution is 2.46. The molecule has 0 bridgehead atoms. The number of phosphoric acid groups is 1. The van der Waals surface area contributed by atoms with Crippen molar-refractivity contribution < 1.29 is 59.0 Å². The molecule has 6 atom stereocenters. The fraction of sp³-hybridized carbons (Fsp3) is 1.00. The molecule has 3 unspecified atom stereocenters. The number of aliphatic hydroxyl groups is 6. The normalized spacial score (nSPS) is 32.7. The van der Waals surface area contributed by atoms with Crippen molar-refractivity contribution in [1.29, 1.82) is 0 Å². The van der Waals surface area contributed by atoms with Crippen LogP contribution in [0.2, 0.25) is 0 Å². The summed E-state index contributed by atoms with van der Waals surface area (Å²) in [5, 5.41) is 55.9. The van der Waals surface area contributed by atoms with Gasteiger partial charge in [0.25, 0.3) is 0 Å². The van der Waals surface area contributed by atoms with Gasteiger partial charge >= 0.3 is 7.82 Å². The van der Waals surface area contributed by atoms with E-state index in [-0.39, 0.29) is 0 Å². The van der Waals surface area contributed by atoms with Gasteiger partial charge in [0.15, 0.2) is 0 Å². The molecule has 8 N–H and O–H groups in total. The summed E-state index contributed by atoms with van der Waals surface area (Å²) in [4.78, 5) is 17.8. The van der Waals surface area contributed by atoms with Crippen LogP contribution in [0.1, 0.15) is 0 Å². The van der Waals surface area contributed by atoms with E-state index in [1.165, 1.54) is 0 Å². The van der Waals surface area contributed by atoms with Crippen LogP contribution in [0, 0.1) is 0 Å². The molecule has 0 saturated carbocycles. The van der Waals surface area contributed by atoms with Crippen LogP contribution in [0.4, 0.5) is 0 Å². The minimum Gasteiger partial charge on any atom is -0.394 e. The molecular formula is C10H21O12P. The summed E-state index contributed by atoms with van der Waals surface area (Å²) >= 11 is 0. The van der Waals surface area contributed by atoms with Crippen LogP contribution in [-0.4, -0.2) is 103 Å². The molecule has 1 aliphatic heterocycles. The summed E-state index contributed by atoms with van der Waals surface area (Å²) in [6.45, 7) is -3.03. The van der Waals surface area contributed by atoms with Gasteiger partial charge in [-0.05, 0) is 0 Å². The minimum absolute atomic E-state index is 0.671. The lowest BCUT2D eigenvalue weighted by Gasteiger charge is -2.33. The number of phosphoric ester groups is 1. The van der Waals surface area contributed by atoms with Crippen molar-refractivity contribution in [3.05, 3.63) is 0 Å². The first-order chi connectivity index (χ1) is 10.6. The van der Waals surface area contributed by atoms with E-state index in [2.05, 4.69) is 4.52 Å². The van der Waals surface area contributed by atoms with E-state index in [4.69, 9.17) is 29.5 Å². The maximum atomic E-state index is 11.0. The van der Waals surface area contributed by atoms with E-state index in [0.717, 1.165) is 0 Å². The topological polar surface area (TPSA) is 207 Å². The molecule has 0 radical (unpaired) electrons. The van der Waals surface area contributed by atoms with Gasteiger partial charge in [-0.15, -0.1) is 0 Å². The Balaban J connectivity index is 2.81. The average Bonchev–Trinajstić information content (AvgIpc) is 2.78. The molecule has 1 saturated heterocycles. The number of hydrogen-bond donors (Lipinski definition) is 8. The van der Waals surface area contributed by atoms with Gasteiger partial charge in [-0.25, -0.2) is 9.09 Å². The Kier molecular flexibility index (Phi) is 7.47. The highest BCUT2D eigenvalue weighted by molar-refractivity contribution is 7.46. The monoisotopic (exact) mass is 364 g/mol. The predicted octanol–water partition coefficient (Wildman–Crippen LogP) is -4.36. The van der Waals surface area contributed by atoms with Gasteiger partial charge in [-0.2, -0.15) is 0 Å². The van der Waals surface area contributed by atoms with Crippen LogP contribution in [0.25, 0.3) is 0 Å². The lowest BCUT2D eigenvalue weighted by Crippen LogP contribution is -2.51. The summed E-state index contributed by atoms with van der Waals surface area (Å²) < 4.78 is 25.3. The lowest BCUT2D eigenvalue weighted by atomic mass is 10.1. The standard InChI is InChI=1S/C10H21O12P/c11-1-5(13)8(15)6(14)3-21-10(22-23(17,18)19)4-20-7(2-12)9(10)16/h5-9,11-16H,1-4H2,(H2,17,18,19)/t5?,6?,7-,8?,9+,10+/m1/s1. The average molecular weight is 364 g/mol. The van der Waals surface area contributed by atoms with Crippen molar-refractivity contribution >= 4 is 7.82 Å². The fourth-order valence-corrected chi connectivity index (χ4v) is 2.58. The highest BCUT2D eigenvalue weighted by atomic mass is 31.2. The van der Waals surface area contributed by atoms with E-state index in [1.807, 2.05) is 0 Å². The van der Waals surface area contributed by atoms with Crippen molar-refractivity contribution in [2.45, 2.75) is 36.3 Å². The van der Waals surface area contributed by atoms with Gasteiger partial charge in [-0.3, -0.25) is 0 Å². The molecule has 13 heteroatoms. The van der Waals surface area contributed by atoms with Crippen molar-refractivity contribution in [3.63, 3.8) is 0 Å². The maximum absolute atomic E-state index is 11.0. The summed E-state index contributed by atoms with van der Waals surface area (Å²) in [6.07, 6.45) is -8.31. The van der Waals surface area contributed by atoms with Crippen LogP contribution in [0.5, 0.6) is 0 Å². The molecule has 1 rings (SSSR count). The molecule has 1 fully saturated rings. The predicted molar refractivity (Wildman–Crippen MR) is 69.8 cm³/mol. The Morgan fingerprint density at radius 3 is 2.26 bits per heavy atom. The third-order valence-corrected chi connectivity index (χ3v) is 3.78. The zero-order valence-corrected chi connectivity index (χ0v) is 12.8. The molecular weight excluding hydrogens is 343 g/mol. The van der Waals surface area contributed by atoms with Crippen molar-refractivity contribution in [2.75, 3.05) is 26.4 Å². The summed E-state index contributed by atoms with van der Waals surface area (Å²) in [5.41, 5.74) is 0. The zero-order chi connectivity index (χ0) is 17.8. The molecule has 0 amide bonds. The fourth-order valence-electron chi connectivity index (χ4n) is 1.96. The van der Waals surface area contributed by atoms with Gasteiger partial charge in [0.2, 0.25) is 5.79 Å². The third kappa shape index (κ3) is 5.39. The van der Waals surface area contributed by atoms with Gasteiger partial charge in [0.05, 0.1) is 19.8 Å². The van der Waals surface area contributed by atoms with Crippen molar-refractivity contribution in [1.82, 2.24) is 0 Å². The SMILES string of the molecule is O=P(O)(O)O[C@@]1(OCC(O)C(O)C(O)CO)CO[C@H](CO)[C@@H]1O. The summed E-state index contributed by atoms with van der Waals surface area (Å²) in [6, 6.07) is 0. The smallest absolute Gasteiger partial charge is 0.394 e. The van der Waals surface area contributed by atoms with E-state index < -0.39 is 70.6 Å². The highest BCUT2D eigenvalue weighted by Gasteiger charge is 2.55. The van der Waals surface area contributed by atoms with Crippen LogP contribution in [0.15, 0.2) is 0 Å². The molecule has 23 heavy (non-hydrogen) atoms. The molecule has 1 heterocycles. The van der Waals surface area contributed by atoms with E-state index in [1.54, 1.807) is 0 Å². The van der Waals surface area contributed by atoms with Gasteiger partial charge in [0, 0.05) is 0 Å². The quantitative estimate of drug-likeness (QED) is 0.144. The molecule has 12 nitrogen and oxygen atoms in total. The molecule has 0 aromatic carbocycles. The summed E-state index contributed by atoms with van der Waals surface area (Å²) in [5.74, 6) is -2.39. The first kappa shape index (κ1) is 20.8. The van der Waals surface area contributed by atoms with Gasteiger partial charge in [0.1, 0.15) is 37.1 Å². The van der Waals surface area contributed by atoms with E-state index in [0.29, 0.717) is 0 Å². The lowest BCUT2D eigenvalue weighted by molar-refractivity contribution is -0.245. The Morgan fingerprint density at radius 1 is 1.22 bits per heavy atom. The van der Waals surface area contributed by atoms with Crippen molar-refractivity contribution in [2.24, 2.45) is 0 Å². The molecule has 0 spiro atoms. The van der Waals surface area contributed by atoms with E-state index in [9.17, 15) is 25.0 Å².